The summed E-state index contributed by atoms with van der Waals surface area (Å²) in [6, 6.07) is 12.8. The first kappa shape index (κ1) is 16.6. The predicted molar refractivity (Wildman–Crippen MR) is 85.1 cm³/mol. The van der Waals surface area contributed by atoms with Gasteiger partial charge < -0.3 is 0 Å². The SMILES string of the molecule is N#CN1C(=O)c2ccccc2C1=O.N#CN1C(=O)c2ccccc2C1=O. The van der Waals surface area contributed by atoms with Crippen LogP contribution in [0.1, 0.15) is 41.4 Å². The first-order chi connectivity index (χ1) is 12.5. The van der Waals surface area contributed by atoms with Crippen molar-refractivity contribution in [2.45, 2.75) is 0 Å². The molecule has 0 fully saturated rings. The molecule has 0 atom stereocenters. The summed E-state index contributed by atoms with van der Waals surface area (Å²) in [5, 5.41) is 17.0. The van der Waals surface area contributed by atoms with E-state index >= 15 is 0 Å². The monoisotopic (exact) mass is 344 g/mol. The molecule has 8 heteroatoms. The highest BCUT2D eigenvalue weighted by molar-refractivity contribution is 6.23. The second-order valence-corrected chi connectivity index (χ2v) is 5.18. The number of fused-ring (bicyclic) bond motifs is 2. The lowest BCUT2D eigenvalue weighted by Crippen LogP contribution is -2.23. The summed E-state index contributed by atoms with van der Waals surface area (Å²) < 4.78 is 0. The fourth-order valence-corrected chi connectivity index (χ4v) is 2.56. The van der Waals surface area contributed by atoms with Gasteiger partial charge in [0.25, 0.3) is 23.6 Å². The molecule has 0 unspecified atom stereocenters. The molecule has 2 aromatic rings. The lowest BCUT2D eigenvalue weighted by molar-refractivity contribution is 0.0716. The Kier molecular flexibility index (Phi) is 4.01. The molecule has 0 saturated carbocycles. The Morgan fingerprint density at radius 3 is 0.962 bits per heavy atom. The molecule has 26 heavy (non-hydrogen) atoms. The highest BCUT2D eigenvalue weighted by atomic mass is 16.2. The molecule has 2 aliphatic rings. The molecule has 0 saturated heterocycles. The maximum Gasteiger partial charge on any atom is 0.275 e. The molecule has 0 spiro atoms. The van der Waals surface area contributed by atoms with Crippen molar-refractivity contribution in [3.63, 3.8) is 0 Å². The zero-order chi connectivity index (χ0) is 18.8. The van der Waals surface area contributed by atoms with E-state index in [2.05, 4.69) is 0 Å². The zero-order valence-electron chi connectivity index (χ0n) is 13.0. The third-order valence-electron chi connectivity index (χ3n) is 3.79. The van der Waals surface area contributed by atoms with Gasteiger partial charge >= 0.3 is 0 Å². The summed E-state index contributed by atoms with van der Waals surface area (Å²) in [6.07, 6.45) is 3.09. The Labute approximate surface area is 147 Å². The third-order valence-corrected chi connectivity index (χ3v) is 3.79. The molecule has 0 N–H and O–H groups in total. The molecular weight excluding hydrogens is 336 g/mol. The van der Waals surface area contributed by atoms with Crippen LogP contribution in [0.25, 0.3) is 0 Å². The second-order valence-electron chi connectivity index (χ2n) is 5.18. The number of nitriles is 2. The minimum Gasteiger partial charge on any atom is -0.267 e. The quantitative estimate of drug-likeness (QED) is 0.527. The van der Waals surface area contributed by atoms with Crippen molar-refractivity contribution in [2.24, 2.45) is 0 Å². The molecule has 2 heterocycles. The Bertz CT molecular complexity index is 906. The van der Waals surface area contributed by atoms with Crippen molar-refractivity contribution < 1.29 is 19.2 Å². The van der Waals surface area contributed by atoms with Gasteiger partial charge in [-0.2, -0.15) is 20.3 Å². The molecule has 2 aliphatic heterocycles. The number of hydrogen-bond acceptors (Lipinski definition) is 6. The van der Waals surface area contributed by atoms with Gasteiger partial charge in [-0.25, -0.2) is 0 Å². The first-order valence-electron chi connectivity index (χ1n) is 7.26. The number of carbonyl (C=O) groups is 4. The van der Waals surface area contributed by atoms with Gasteiger partial charge in [-0.15, -0.1) is 0 Å². The van der Waals surface area contributed by atoms with Crippen molar-refractivity contribution >= 4 is 23.6 Å². The van der Waals surface area contributed by atoms with Crippen molar-refractivity contribution in [1.82, 2.24) is 9.80 Å². The molecule has 0 bridgehead atoms. The smallest absolute Gasteiger partial charge is 0.267 e. The standard InChI is InChI=1S/2C9H4N2O2/c2*10-5-11-8(12)6-3-1-2-4-7(6)9(11)13/h2*1-4H. The Hall–Kier alpha value is -4.30. The molecule has 4 rings (SSSR count). The van der Waals surface area contributed by atoms with Crippen LogP contribution in [0.3, 0.4) is 0 Å². The maximum absolute atomic E-state index is 11.3. The van der Waals surface area contributed by atoms with Crippen LogP contribution >= 0.6 is 0 Å². The molecule has 0 aliphatic carbocycles. The number of nitrogens with zero attached hydrogens (tertiary/aromatic N) is 4. The van der Waals surface area contributed by atoms with E-state index in [1.165, 1.54) is 24.3 Å². The molecule has 0 radical (unpaired) electrons. The van der Waals surface area contributed by atoms with Gasteiger partial charge in [0.05, 0.1) is 22.3 Å². The van der Waals surface area contributed by atoms with E-state index < -0.39 is 23.6 Å². The third kappa shape index (κ3) is 2.39. The number of imide groups is 2. The average molecular weight is 344 g/mol. The highest BCUT2D eigenvalue weighted by Crippen LogP contribution is 2.22. The van der Waals surface area contributed by atoms with Crippen LogP contribution in [0.4, 0.5) is 0 Å². The van der Waals surface area contributed by atoms with E-state index in [0.29, 0.717) is 32.1 Å². The normalized spacial score (nSPS) is 14.2. The Morgan fingerprint density at radius 2 is 0.769 bits per heavy atom. The summed E-state index contributed by atoms with van der Waals surface area (Å²) in [5.74, 6) is -2.16. The minimum atomic E-state index is -0.539. The van der Waals surface area contributed by atoms with Crippen LogP contribution < -0.4 is 0 Å². The van der Waals surface area contributed by atoms with Crippen LogP contribution in [0, 0.1) is 22.9 Å². The molecular formula is C18H8N4O4. The van der Waals surface area contributed by atoms with E-state index in [4.69, 9.17) is 10.5 Å². The Balaban J connectivity index is 0.000000151. The van der Waals surface area contributed by atoms with E-state index in [1.54, 1.807) is 36.7 Å². The van der Waals surface area contributed by atoms with Crippen LogP contribution in [-0.4, -0.2) is 33.4 Å². The number of rotatable bonds is 0. The van der Waals surface area contributed by atoms with E-state index in [1.807, 2.05) is 0 Å². The second kappa shape index (κ2) is 6.30. The first-order valence-corrected chi connectivity index (χ1v) is 7.26. The lowest BCUT2D eigenvalue weighted by atomic mass is 10.1. The molecule has 2 aromatic carbocycles. The number of hydrogen-bond donors (Lipinski definition) is 0. The number of benzene rings is 2. The van der Waals surface area contributed by atoms with Crippen LogP contribution in [0.15, 0.2) is 48.5 Å². The van der Waals surface area contributed by atoms with Crippen molar-refractivity contribution in [3.8, 4) is 12.4 Å². The van der Waals surface area contributed by atoms with Crippen LogP contribution in [0.5, 0.6) is 0 Å². The molecule has 0 aromatic heterocycles. The highest BCUT2D eigenvalue weighted by Gasteiger charge is 2.36. The van der Waals surface area contributed by atoms with Crippen molar-refractivity contribution in [2.75, 3.05) is 0 Å². The minimum absolute atomic E-state index is 0.300. The fourth-order valence-electron chi connectivity index (χ4n) is 2.56. The van der Waals surface area contributed by atoms with Crippen LogP contribution in [0.2, 0.25) is 0 Å². The van der Waals surface area contributed by atoms with Crippen LogP contribution in [-0.2, 0) is 0 Å². The summed E-state index contributed by atoms with van der Waals surface area (Å²) in [7, 11) is 0. The predicted octanol–water partition coefficient (Wildman–Crippen LogP) is 1.53. The largest absolute Gasteiger partial charge is 0.275 e. The fraction of sp³-hybridized carbons (Fsp3) is 0. The van der Waals surface area contributed by atoms with Gasteiger partial charge in [-0.05, 0) is 24.3 Å². The molecule has 8 nitrogen and oxygen atoms in total. The summed E-state index contributed by atoms with van der Waals surface area (Å²) >= 11 is 0. The Morgan fingerprint density at radius 1 is 0.538 bits per heavy atom. The van der Waals surface area contributed by atoms with E-state index in [-0.39, 0.29) is 0 Å². The van der Waals surface area contributed by atoms with Gasteiger partial charge in [-0.3, -0.25) is 19.2 Å². The summed E-state index contributed by atoms with van der Waals surface area (Å²) in [4.78, 5) is 46.4. The topological polar surface area (TPSA) is 122 Å². The van der Waals surface area contributed by atoms with E-state index in [0.717, 1.165) is 0 Å². The molecule has 4 amide bonds. The van der Waals surface area contributed by atoms with E-state index in [9.17, 15) is 19.2 Å². The van der Waals surface area contributed by atoms with Gasteiger partial charge in [0.1, 0.15) is 0 Å². The lowest BCUT2D eigenvalue weighted by Gasteiger charge is -1.97. The summed E-state index contributed by atoms with van der Waals surface area (Å²) in [6.45, 7) is 0. The number of carbonyl (C=O) groups excluding carboxylic acids is 4. The average Bonchev–Trinajstić information content (AvgIpc) is 3.07. The van der Waals surface area contributed by atoms with Crippen molar-refractivity contribution in [1.29, 1.82) is 10.5 Å². The zero-order valence-corrected chi connectivity index (χ0v) is 13.0. The molecule has 124 valence electrons. The summed E-state index contributed by atoms with van der Waals surface area (Å²) in [5.41, 5.74) is 1.20. The van der Waals surface area contributed by atoms with Gasteiger partial charge in [-0.1, -0.05) is 24.3 Å². The van der Waals surface area contributed by atoms with Crippen molar-refractivity contribution in [3.05, 3.63) is 70.8 Å². The van der Waals surface area contributed by atoms with Gasteiger partial charge in [0, 0.05) is 0 Å². The number of amides is 4. The maximum atomic E-state index is 11.3. The van der Waals surface area contributed by atoms with Gasteiger partial charge in [0.2, 0.25) is 0 Å². The van der Waals surface area contributed by atoms with Gasteiger partial charge in [0.15, 0.2) is 12.4 Å².